The summed E-state index contributed by atoms with van der Waals surface area (Å²) in [6, 6.07) is 15.3. The fraction of sp³-hybridized carbons (Fsp3) is 0.385. The summed E-state index contributed by atoms with van der Waals surface area (Å²) in [5.41, 5.74) is 1.62. The average Bonchev–Trinajstić information content (AvgIpc) is 3.22. The summed E-state index contributed by atoms with van der Waals surface area (Å²) in [5.74, 6) is 0.441. The number of nitrogens with zero attached hydrogens (tertiary/aromatic N) is 3. The number of carbonyl (C=O) groups excluding carboxylic acids is 1. The van der Waals surface area contributed by atoms with Gasteiger partial charge in [-0.25, -0.2) is 13.4 Å². The number of rotatable bonds is 9. The normalized spacial score (nSPS) is 15.3. The smallest absolute Gasteiger partial charge is 0.251 e. The van der Waals surface area contributed by atoms with Crippen LogP contribution in [-0.4, -0.2) is 75.4 Å². The molecule has 2 aromatic carbocycles. The summed E-state index contributed by atoms with van der Waals surface area (Å²) in [6.45, 7) is 7.65. The molecule has 9 heteroatoms. The topological polar surface area (TPSA) is 95.8 Å². The van der Waals surface area contributed by atoms with Crippen molar-refractivity contribution in [2.45, 2.75) is 24.0 Å². The number of oxazole rings is 1. The Kier molecular flexibility index (Phi) is 8.00. The maximum atomic E-state index is 12.7. The number of hydrogen-bond donors (Lipinski definition) is 1. The van der Waals surface area contributed by atoms with Crippen molar-refractivity contribution in [3.8, 4) is 11.5 Å². The summed E-state index contributed by atoms with van der Waals surface area (Å²) in [6.07, 6.45) is 0.914. The van der Waals surface area contributed by atoms with E-state index in [4.69, 9.17) is 4.42 Å². The number of benzene rings is 2. The Morgan fingerprint density at radius 2 is 1.71 bits per heavy atom. The molecule has 0 unspecified atom stereocenters. The Hall–Kier alpha value is -3.01. The van der Waals surface area contributed by atoms with Crippen LogP contribution in [0, 0.1) is 6.92 Å². The molecule has 0 atom stereocenters. The first kappa shape index (κ1) is 25.1. The minimum absolute atomic E-state index is 0.117. The van der Waals surface area contributed by atoms with Gasteiger partial charge >= 0.3 is 0 Å². The number of carbonyl (C=O) groups is 1. The lowest BCUT2D eigenvalue weighted by atomic mass is 10.1. The molecular weight excluding hydrogens is 464 g/mol. The molecule has 3 aromatic rings. The van der Waals surface area contributed by atoms with Crippen LogP contribution in [0.25, 0.3) is 11.5 Å². The van der Waals surface area contributed by atoms with Gasteiger partial charge < -0.3 is 19.5 Å². The lowest BCUT2D eigenvalue weighted by Crippen LogP contribution is -2.45. The van der Waals surface area contributed by atoms with Crippen molar-refractivity contribution in [1.29, 1.82) is 0 Å². The highest BCUT2D eigenvalue weighted by atomic mass is 32.2. The second-order valence-electron chi connectivity index (χ2n) is 8.93. The van der Waals surface area contributed by atoms with Crippen LogP contribution in [-0.2, 0) is 15.6 Å². The summed E-state index contributed by atoms with van der Waals surface area (Å²) in [7, 11) is -1.38. The van der Waals surface area contributed by atoms with E-state index in [1.54, 1.807) is 61.5 Å². The largest absolute Gasteiger partial charge is 0.441 e. The van der Waals surface area contributed by atoms with Gasteiger partial charge in [0.05, 0.1) is 10.6 Å². The fourth-order valence-electron chi connectivity index (χ4n) is 4.02. The molecular formula is C26H32N4O4S. The van der Waals surface area contributed by atoms with Gasteiger partial charge in [0.15, 0.2) is 9.84 Å². The van der Waals surface area contributed by atoms with Gasteiger partial charge in [0.2, 0.25) is 5.89 Å². The molecule has 8 nitrogen and oxygen atoms in total. The Balaban J connectivity index is 1.32. The maximum Gasteiger partial charge on any atom is 0.251 e. The number of aromatic nitrogens is 1. The molecule has 1 amide bonds. The third-order valence-corrected chi connectivity index (χ3v) is 7.89. The number of amides is 1. The number of sulfone groups is 1. The second-order valence-corrected chi connectivity index (χ2v) is 10.9. The molecule has 0 spiro atoms. The van der Waals surface area contributed by atoms with Gasteiger partial charge in [-0.15, -0.1) is 0 Å². The summed E-state index contributed by atoms with van der Waals surface area (Å²) >= 11 is 0. The summed E-state index contributed by atoms with van der Waals surface area (Å²) in [5, 5.41) is 2.98. The summed E-state index contributed by atoms with van der Waals surface area (Å²) in [4.78, 5) is 21.9. The van der Waals surface area contributed by atoms with Crippen LogP contribution in [0.2, 0.25) is 0 Å². The Morgan fingerprint density at radius 1 is 1.03 bits per heavy atom. The maximum absolute atomic E-state index is 12.7. The van der Waals surface area contributed by atoms with Crippen molar-refractivity contribution in [3.63, 3.8) is 0 Å². The van der Waals surface area contributed by atoms with Crippen LogP contribution in [0.4, 0.5) is 0 Å². The fourth-order valence-corrected chi connectivity index (χ4v) is 5.39. The molecule has 35 heavy (non-hydrogen) atoms. The van der Waals surface area contributed by atoms with Gasteiger partial charge in [0.1, 0.15) is 11.5 Å². The van der Waals surface area contributed by atoms with Gasteiger partial charge in [0.25, 0.3) is 5.91 Å². The molecule has 2 heterocycles. The van der Waals surface area contributed by atoms with Crippen molar-refractivity contribution in [1.82, 2.24) is 20.1 Å². The first-order valence-electron chi connectivity index (χ1n) is 11.9. The van der Waals surface area contributed by atoms with Crippen LogP contribution in [0.1, 0.15) is 28.2 Å². The minimum Gasteiger partial charge on any atom is -0.441 e. The third kappa shape index (κ3) is 6.56. The Labute approximate surface area is 206 Å². The number of nitrogens with one attached hydrogen (secondary N) is 1. The predicted molar refractivity (Wildman–Crippen MR) is 135 cm³/mol. The quantitative estimate of drug-likeness (QED) is 0.455. The van der Waals surface area contributed by atoms with Gasteiger partial charge in [0, 0.05) is 43.9 Å². The van der Waals surface area contributed by atoms with Crippen LogP contribution in [0.15, 0.2) is 63.9 Å². The van der Waals surface area contributed by atoms with Crippen molar-refractivity contribution in [3.05, 3.63) is 71.6 Å². The third-order valence-electron chi connectivity index (χ3n) is 6.25. The number of piperazine rings is 1. The van der Waals surface area contributed by atoms with Crippen LogP contribution in [0.3, 0.4) is 0 Å². The zero-order chi connectivity index (χ0) is 24.8. The van der Waals surface area contributed by atoms with Gasteiger partial charge in [-0.05, 0) is 63.3 Å². The van der Waals surface area contributed by atoms with E-state index < -0.39 is 9.84 Å². The highest BCUT2D eigenvalue weighted by Gasteiger charge is 2.21. The minimum atomic E-state index is -3.52. The van der Waals surface area contributed by atoms with E-state index in [0.29, 0.717) is 35.0 Å². The molecule has 0 aliphatic carbocycles. The first-order chi connectivity index (χ1) is 16.8. The van der Waals surface area contributed by atoms with Crippen molar-refractivity contribution in [2.75, 3.05) is 46.3 Å². The Bertz CT molecular complexity index is 1230. The summed E-state index contributed by atoms with van der Waals surface area (Å²) < 4.78 is 31.1. The number of likely N-dealkylation sites (N-methyl/N-ethyl adjacent to an activating group) is 1. The van der Waals surface area contributed by atoms with E-state index in [0.717, 1.165) is 39.1 Å². The van der Waals surface area contributed by atoms with E-state index in [9.17, 15) is 13.2 Å². The molecule has 1 saturated heterocycles. The monoisotopic (exact) mass is 496 g/mol. The standard InChI is InChI=1S/C26H32N4O4S/c1-20-24(19-35(32,33)23-7-4-3-5-8-23)28-26(34-20)22-11-9-21(10-12-22)25(31)27-13-6-14-30-17-15-29(2)16-18-30/h3-5,7-12H,6,13-19H2,1-2H3,(H,27,31). The van der Waals surface area contributed by atoms with Gasteiger partial charge in [-0.3, -0.25) is 4.79 Å². The van der Waals surface area contributed by atoms with Crippen molar-refractivity contribution < 1.29 is 17.6 Å². The Morgan fingerprint density at radius 3 is 2.40 bits per heavy atom. The zero-order valence-corrected chi connectivity index (χ0v) is 21.1. The highest BCUT2D eigenvalue weighted by Crippen LogP contribution is 2.25. The molecule has 0 saturated carbocycles. The molecule has 186 valence electrons. The van der Waals surface area contributed by atoms with E-state index in [-0.39, 0.29) is 16.6 Å². The molecule has 1 fully saturated rings. The number of aryl methyl sites for hydroxylation is 1. The van der Waals surface area contributed by atoms with Crippen molar-refractivity contribution in [2.24, 2.45) is 0 Å². The van der Waals surface area contributed by atoms with Gasteiger partial charge in [-0.1, -0.05) is 18.2 Å². The average molecular weight is 497 g/mol. The van der Waals surface area contributed by atoms with E-state index >= 15 is 0 Å². The van der Waals surface area contributed by atoms with Gasteiger partial charge in [-0.2, -0.15) is 0 Å². The SMILES string of the molecule is Cc1oc(-c2ccc(C(=O)NCCCN3CCN(C)CC3)cc2)nc1CS(=O)(=O)c1ccccc1. The highest BCUT2D eigenvalue weighted by molar-refractivity contribution is 7.90. The molecule has 0 radical (unpaired) electrons. The predicted octanol–water partition coefficient (Wildman–Crippen LogP) is 2.99. The molecule has 0 bridgehead atoms. The van der Waals surface area contributed by atoms with Crippen LogP contribution in [0.5, 0.6) is 0 Å². The lowest BCUT2D eigenvalue weighted by molar-refractivity contribution is 0.0949. The molecule has 4 rings (SSSR count). The molecule has 1 aliphatic rings. The molecule has 1 N–H and O–H groups in total. The number of hydrogen-bond acceptors (Lipinski definition) is 7. The van der Waals surface area contributed by atoms with E-state index in [1.165, 1.54) is 0 Å². The van der Waals surface area contributed by atoms with Crippen LogP contribution >= 0.6 is 0 Å². The van der Waals surface area contributed by atoms with E-state index in [1.807, 2.05) is 0 Å². The zero-order valence-electron chi connectivity index (χ0n) is 20.2. The van der Waals surface area contributed by atoms with Crippen molar-refractivity contribution >= 4 is 15.7 Å². The van der Waals surface area contributed by atoms with E-state index in [2.05, 4.69) is 27.1 Å². The molecule has 1 aliphatic heterocycles. The molecule has 1 aromatic heterocycles. The second kappa shape index (κ2) is 11.2. The van der Waals surface area contributed by atoms with Crippen LogP contribution < -0.4 is 5.32 Å². The first-order valence-corrected chi connectivity index (χ1v) is 13.5. The lowest BCUT2D eigenvalue weighted by Gasteiger charge is -2.32.